The van der Waals surface area contributed by atoms with Crippen molar-refractivity contribution in [2.24, 2.45) is 5.73 Å². The molecule has 0 aromatic heterocycles. The van der Waals surface area contributed by atoms with Crippen molar-refractivity contribution in [3.05, 3.63) is 33.3 Å². The van der Waals surface area contributed by atoms with Gasteiger partial charge in [0.1, 0.15) is 0 Å². The van der Waals surface area contributed by atoms with Crippen molar-refractivity contribution in [1.29, 1.82) is 0 Å². The quantitative estimate of drug-likeness (QED) is 0.683. The molecule has 0 radical (unpaired) electrons. The molecular weight excluding hydrogens is 317 g/mol. The number of hydrogen-bond acceptors (Lipinski definition) is 2. The predicted molar refractivity (Wildman–Crippen MR) is 67.5 cm³/mol. The summed E-state index contributed by atoms with van der Waals surface area (Å²) in [6, 6.07) is 2.96. The monoisotopic (exact) mass is 323 g/mol. The third kappa shape index (κ3) is 3.20. The molecule has 0 aliphatic heterocycles. The molecule has 1 aromatic carbocycles. The average Bonchev–Trinajstić information content (AvgIpc) is 2.21. The van der Waals surface area contributed by atoms with Crippen molar-refractivity contribution in [2.75, 3.05) is 5.33 Å². The van der Waals surface area contributed by atoms with E-state index in [1.165, 1.54) is 12.1 Å². The Morgan fingerprint density at radius 1 is 1.25 bits per heavy atom. The van der Waals surface area contributed by atoms with E-state index in [1.54, 1.807) is 0 Å². The topological polar surface area (TPSA) is 60.2 Å². The molecule has 0 fully saturated rings. The molecule has 2 N–H and O–H groups in total. The van der Waals surface area contributed by atoms with Gasteiger partial charge >= 0.3 is 0 Å². The molecule has 16 heavy (non-hydrogen) atoms. The highest BCUT2D eigenvalue weighted by Crippen LogP contribution is 2.27. The van der Waals surface area contributed by atoms with E-state index in [0.717, 1.165) is 0 Å². The average molecular weight is 325 g/mol. The van der Waals surface area contributed by atoms with E-state index < -0.39 is 5.91 Å². The van der Waals surface area contributed by atoms with E-state index in [-0.39, 0.29) is 27.6 Å². The molecule has 0 atom stereocenters. The van der Waals surface area contributed by atoms with Gasteiger partial charge < -0.3 is 5.73 Å². The molecule has 0 saturated carbocycles. The van der Waals surface area contributed by atoms with E-state index >= 15 is 0 Å². The number of hydrogen-bond donors (Lipinski definition) is 1. The first-order valence-corrected chi connectivity index (χ1v) is 6.18. The molecule has 0 unspecified atom stereocenters. The van der Waals surface area contributed by atoms with Crippen molar-refractivity contribution in [2.45, 2.75) is 6.42 Å². The molecule has 0 aliphatic rings. The molecule has 1 aromatic rings. The van der Waals surface area contributed by atoms with Crippen LogP contribution < -0.4 is 5.73 Å². The zero-order valence-electron chi connectivity index (χ0n) is 8.10. The van der Waals surface area contributed by atoms with Crippen LogP contribution in [0.2, 0.25) is 10.0 Å². The third-order valence-corrected chi connectivity index (χ3v) is 3.12. The largest absolute Gasteiger partial charge is 0.369 e. The van der Waals surface area contributed by atoms with Crippen molar-refractivity contribution in [3.8, 4) is 0 Å². The van der Waals surface area contributed by atoms with Gasteiger partial charge in [-0.2, -0.15) is 0 Å². The molecule has 6 heteroatoms. The summed E-state index contributed by atoms with van der Waals surface area (Å²) in [5.41, 5.74) is 5.90. The van der Waals surface area contributed by atoms with E-state index in [9.17, 15) is 9.59 Å². The van der Waals surface area contributed by atoms with Crippen LogP contribution in [0.4, 0.5) is 0 Å². The van der Waals surface area contributed by atoms with Crippen LogP contribution in [0.5, 0.6) is 0 Å². The van der Waals surface area contributed by atoms with E-state index in [0.29, 0.717) is 11.1 Å². The Bertz CT molecular complexity index is 425. The first kappa shape index (κ1) is 13.5. The minimum absolute atomic E-state index is 0.0412. The molecule has 0 bridgehead atoms. The first-order valence-electron chi connectivity index (χ1n) is 4.31. The summed E-state index contributed by atoms with van der Waals surface area (Å²) in [7, 11) is 0. The predicted octanol–water partition coefficient (Wildman–Crippen LogP) is 2.60. The van der Waals surface area contributed by atoms with E-state index in [1.807, 2.05) is 0 Å². The number of alkyl halides is 1. The summed E-state index contributed by atoms with van der Waals surface area (Å²) in [4.78, 5) is 22.2. The molecule has 86 valence electrons. The van der Waals surface area contributed by atoms with Crippen molar-refractivity contribution < 1.29 is 9.59 Å². The Kier molecular flexibility index (Phi) is 4.77. The Labute approximate surface area is 111 Å². The highest BCUT2D eigenvalue weighted by molar-refractivity contribution is 9.09. The maximum atomic E-state index is 11.4. The minimum Gasteiger partial charge on any atom is -0.369 e. The Morgan fingerprint density at radius 2 is 1.75 bits per heavy atom. The van der Waals surface area contributed by atoms with E-state index in [4.69, 9.17) is 28.9 Å². The minimum atomic E-state index is -0.525. The third-order valence-electron chi connectivity index (χ3n) is 1.94. The van der Waals surface area contributed by atoms with Crippen LogP contribution in [0.25, 0.3) is 0 Å². The summed E-state index contributed by atoms with van der Waals surface area (Å²) in [6.45, 7) is 0. The second-order valence-electron chi connectivity index (χ2n) is 3.12. The van der Waals surface area contributed by atoms with Crippen LogP contribution in [0.3, 0.4) is 0 Å². The number of carbonyl (C=O) groups excluding carboxylic acids is 2. The van der Waals surface area contributed by atoms with Crippen LogP contribution >= 0.6 is 39.1 Å². The molecule has 3 nitrogen and oxygen atoms in total. The number of primary amides is 1. The van der Waals surface area contributed by atoms with E-state index in [2.05, 4.69) is 15.9 Å². The van der Waals surface area contributed by atoms with Crippen LogP contribution in [0, 0.1) is 0 Å². The number of nitrogens with two attached hydrogens (primary N) is 1. The number of benzene rings is 1. The SMILES string of the molecule is NC(=O)Cc1c(Cl)cc(C(=O)CBr)cc1Cl. The summed E-state index contributed by atoms with van der Waals surface area (Å²) in [6.07, 6.45) is -0.0412. The summed E-state index contributed by atoms with van der Waals surface area (Å²) in [5, 5.41) is 0.737. The van der Waals surface area contributed by atoms with Crippen LogP contribution in [0.1, 0.15) is 15.9 Å². The summed E-state index contributed by atoms with van der Waals surface area (Å²) < 4.78 is 0. The molecule has 0 aliphatic carbocycles. The normalized spacial score (nSPS) is 10.2. The first-order chi connectivity index (χ1) is 7.45. The number of ketones is 1. The lowest BCUT2D eigenvalue weighted by molar-refractivity contribution is -0.117. The fourth-order valence-corrected chi connectivity index (χ4v) is 2.13. The van der Waals surface area contributed by atoms with Gasteiger partial charge in [-0.1, -0.05) is 39.1 Å². The Hall–Kier alpha value is -0.580. The number of halogens is 3. The van der Waals surface area contributed by atoms with Gasteiger partial charge in [-0.3, -0.25) is 9.59 Å². The summed E-state index contributed by atoms with van der Waals surface area (Å²) in [5.74, 6) is -0.655. The van der Waals surface area contributed by atoms with Gasteiger partial charge in [0.25, 0.3) is 0 Å². The van der Waals surface area contributed by atoms with Crippen molar-refractivity contribution >= 4 is 50.8 Å². The fourth-order valence-electron chi connectivity index (χ4n) is 1.18. The molecule has 0 saturated heterocycles. The second kappa shape index (κ2) is 5.66. The molecule has 0 heterocycles. The zero-order chi connectivity index (χ0) is 12.3. The maximum Gasteiger partial charge on any atom is 0.221 e. The van der Waals surface area contributed by atoms with Gasteiger partial charge in [0.05, 0.1) is 11.8 Å². The smallest absolute Gasteiger partial charge is 0.221 e. The van der Waals surface area contributed by atoms with Crippen LogP contribution in [-0.4, -0.2) is 17.0 Å². The molecular formula is C10H8BrCl2NO2. The van der Waals surface area contributed by atoms with Gasteiger partial charge in [-0.25, -0.2) is 0 Å². The molecule has 1 rings (SSSR count). The Morgan fingerprint density at radius 3 is 2.12 bits per heavy atom. The molecule has 1 amide bonds. The van der Waals surface area contributed by atoms with Crippen molar-refractivity contribution in [1.82, 2.24) is 0 Å². The second-order valence-corrected chi connectivity index (χ2v) is 4.49. The summed E-state index contributed by atoms with van der Waals surface area (Å²) >= 11 is 14.9. The van der Waals surface area contributed by atoms with Crippen molar-refractivity contribution in [3.63, 3.8) is 0 Å². The van der Waals surface area contributed by atoms with Crippen LogP contribution in [0.15, 0.2) is 12.1 Å². The highest BCUT2D eigenvalue weighted by atomic mass is 79.9. The zero-order valence-corrected chi connectivity index (χ0v) is 11.2. The standard InChI is InChI=1S/C10H8BrCl2NO2/c11-4-9(15)5-1-7(12)6(3-10(14)16)8(13)2-5/h1-2H,3-4H2,(H2,14,16). The lowest BCUT2D eigenvalue weighted by Crippen LogP contribution is -2.14. The fraction of sp³-hybridized carbons (Fsp3) is 0.200. The lowest BCUT2D eigenvalue weighted by Gasteiger charge is -2.07. The number of rotatable bonds is 4. The highest BCUT2D eigenvalue weighted by Gasteiger charge is 2.13. The van der Waals surface area contributed by atoms with Gasteiger partial charge in [0.15, 0.2) is 5.78 Å². The van der Waals surface area contributed by atoms with Gasteiger partial charge in [-0.05, 0) is 17.7 Å². The van der Waals surface area contributed by atoms with Gasteiger partial charge in [0.2, 0.25) is 5.91 Å². The Balaban J connectivity index is 3.17. The number of Topliss-reactive ketones (excluding diaryl/α,β-unsaturated/α-hetero) is 1. The lowest BCUT2D eigenvalue weighted by atomic mass is 10.1. The number of carbonyl (C=O) groups is 2. The van der Waals surface area contributed by atoms with Gasteiger partial charge in [0, 0.05) is 15.6 Å². The van der Waals surface area contributed by atoms with Gasteiger partial charge in [-0.15, -0.1) is 0 Å². The molecule has 0 spiro atoms. The van der Waals surface area contributed by atoms with Crippen LogP contribution in [-0.2, 0) is 11.2 Å². The maximum absolute atomic E-state index is 11.4. The number of amides is 1.